The van der Waals surface area contributed by atoms with Gasteiger partial charge in [-0.05, 0) is 56.2 Å². The third kappa shape index (κ3) is 3.77. The molecule has 1 aromatic carbocycles. The Hall–Kier alpha value is -2.57. The summed E-state index contributed by atoms with van der Waals surface area (Å²) < 4.78 is 0. The molecule has 7 heteroatoms. The highest BCUT2D eigenvalue weighted by atomic mass is 16.2. The molecule has 0 bridgehead atoms. The summed E-state index contributed by atoms with van der Waals surface area (Å²) >= 11 is 0. The summed E-state index contributed by atoms with van der Waals surface area (Å²) in [6.07, 6.45) is 4.89. The van der Waals surface area contributed by atoms with Crippen LogP contribution in [0.1, 0.15) is 49.4 Å². The molecule has 2 saturated heterocycles. The van der Waals surface area contributed by atoms with Crippen LogP contribution in [-0.2, 0) is 9.59 Å². The topological polar surface area (TPSA) is 64.2 Å². The molecular weight excluding hydrogens is 380 g/mol. The molecule has 30 heavy (non-hydrogen) atoms. The minimum absolute atomic E-state index is 0.00482. The first-order valence-electron chi connectivity index (χ1n) is 11.1. The standard InChI is InChI=1S/C23H32N4O3/c1-16-9-12-25(13-10-16)21(28)15-27-20-14-17(22(29)24(2)3)7-8-18(20)26-11-5-4-6-19(26)23(27)30/h7-8,14,16,19H,4-6,9-13,15H2,1-3H3. The molecule has 0 N–H and O–H groups in total. The van der Waals surface area contributed by atoms with Crippen molar-refractivity contribution < 1.29 is 14.4 Å². The van der Waals surface area contributed by atoms with Crippen LogP contribution in [-0.4, -0.2) is 73.8 Å². The number of amides is 3. The van der Waals surface area contributed by atoms with Crippen molar-refractivity contribution in [2.24, 2.45) is 5.92 Å². The molecule has 0 aliphatic carbocycles. The van der Waals surface area contributed by atoms with Crippen LogP contribution in [0.3, 0.4) is 0 Å². The van der Waals surface area contributed by atoms with Crippen molar-refractivity contribution in [2.75, 3.05) is 50.1 Å². The van der Waals surface area contributed by atoms with Gasteiger partial charge in [0.05, 0.1) is 11.4 Å². The summed E-state index contributed by atoms with van der Waals surface area (Å²) in [6, 6.07) is 5.34. The Morgan fingerprint density at radius 2 is 1.77 bits per heavy atom. The number of fused-ring (bicyclic) bond motifs is 3. The first kappa shape index (κ1) is 20.7. The Morgan fingerprint density at radius 3 is 2.47 bits per heavy atom. The molecule has 1 unspecified atom stereocenters. The van der Waals surface area contributed by atoms with Crippen LogP contribution in [0, 0.1) is 5.92 Å². The molecule has 7 nitrogen and oxygen atoms in total. The fourth-order valence-corrected chi connectivity index (χ4v) is 4.81. The van der Waals surface area contributed by atoms with E-state index >= 15 is 0 Å². The summed E-state index contributed by atoms with van der Waals surface area (Å²) in [5.74, 6) is 0.509. The summed E-state index contributed by atoms with van der Waals surface area (Å²) in [5, 5.41) is 0. The number of carbonyl (C=O) groups is 3. The normalized spacial score (nSPS) is 21.9. The molecule has 162 valence electrons. The van der Waals surface area contributed by atoms with Gasteiger partial charge in [0, 0.05) is 39.3 Å². The third-order valence-electron chi connectivity index (χ3n) is 6.71. The number of carbonyl (C=O) groups excluding carboxylic acids is 3. The Labute approximate surface area is 178 Å². The molecule has 3 amide bonds. The average Bonchev–Trinajstić information content (AvgIpc) is 2.76. The van der Waals surface area contributed by atoms with Crippen molar-refractivity contribution in [1.82, 2.24) is 9.80 Å². The number of likely N-dealkylation sites (tertiary alicyclic amines) is 1. The van der Waals surface area contributed by atoms with Crippen LogP contribution in [0.4, 0.5) is 11.4 Å². The molecule has 0 radical (unpaired) electrons. The molecule has 1 aromatic rings. The Balaban J connectivity index is 1.66. The maximum Gasteiger partial charge on any atom is 0.253 e. The van der Waals surface area contributed by atoms with Gasteiger partial charge < -0.3 is 14.7 Å². The van der Waals surface area contributed by atoms with Gasteiger partial charge >= 0.3 is 0 Å². The second-order valence-corrected chi connectivity index (χ2v) is 9.10. The number of piperidine rings is 2. The SMILES string of the molecule is CC1CCN(C(=O)CN2C(=O)C3CCCCN3c3ccc(C(=O)N(C)C)cc32)CC1. The highest BCUT2D eigenvalue weighted by Gasteiger charge is 2.40. The molecule has 3 heterocycles. The fourth-order valence-electron chi connectivity index (χ4n) is 4.81. The summed E-state index contributed by atoms with van der Waals surface area (Å²) in [7, 11) is 3.43. The molecular formula is C23H32N4O3. The Kier molecular flexibility index (Phi) is 5.71. The van der Waals surface area contributed by atoms with Crippen molar-refractivity contribution in [3.8, 4) is 0 Å². The van der Waals surface area contributed by atoms with E-state index in [9.17, 15) is 14.4 Å². The fraction of sp³-hybridized carbons (Fsp3) is 0.609. The van der Waals surface area contributed by atoms with E-state index in [-0.39, 0.29) is 30.3 Å². The summed E-state index contributed by atoms with van der Waals surface area (Å²) in [4.78, 5) is 46.2. The average molecular weight is 413 g/mol. The van der Waals surface area contributed by atoms with E-state index in [4.69, 9.17) is 0 Å². The Morgan fingerprint density at radius 1 is 1.03 bits per heavy atom. The van der Waals surface area contributed by atoms with Crippen LogP contribution in [0.2, 0.25) is 0 Å². The minimum atomic E-state index is -0.212. The second-order valence-electron chi connectivity index (χ2n) is 9.10. The quantitative estimate of drug-likeness (QED) is 0.765. The maximum absolute atomic E-state index is 13.4. The van der Waals surface area contributed by atoms with Crippen LogP contribution >= 0.6 is 0 Å². The van der Waals surface area contributed by atoms with E-state index in [1.54, 1.807) is 25.1 Å². The maximum atomic E-state index is 13.4. The first-order valence-corrected chi connectivity index (χ1v) is 11.1. The molecule has 0 aromatic heterocycles. The minimum Gasteiger partial charge on any atom is -0.358 e. The molecule has 1 atom stereocenters. The highest BCUT2D eigenvalue weighted by molar-refractivity contribution is 6.09. The lowest BCUT2D eigenvalue weighted by atomic mass is 9.95. The van der Waals surface area contributed by atoms with Crippen molar-refractivity contribution in [2.45, 2.75) is 45.1 Å². The predicted molar refractivity (Wildman–Crippen MR) is 117 cm³/mol. The molecule has 4 rings (SSSR count). The van der Waals surface area contributed by atoms with Gasteiger partial charge in [0.25, 0.3) is 5.91 Å². The summed E-state index contributed by atoms with van der Waals surface area (Å²) in [5.41, 5.74) is 2.17. The number of anilines is 2. The first-order chi connectivity index (χ1) is 14.4. The van der Waals surface area contributed by atoms with E-state index < -0.39 is 0 Å². The van der Waals surface area contributed by atoms with Crippen LogP contribution in [0.15, 0.2) is 18.2 Å². The third-order valence-corrected chi connectivity index (χ3v) is 6.71. The number of benzene rings is 1. The number of hydrogen-bond acceptors (Lipinski definition) is 4. The van der Waals surface area contributed by atoms with E-state index in [1.165, 1.54) is 4.90 Å². The lowest BCUT2D eigenvalue weighted by molar-refractivity contribution is -0.133. The van der Waals surface area contributed by atoms with Gasteiger partial charge in [0.1, 0.15) is 12.6 Å². The zero-order valence-electron chi connectivity index (χ0n) is 18.3. The summed E-state index contributed by atoms with van der Waals surface area (Å²) in [6.45, 7) is 4.60. The van der Waals surface area contributed by atoms with Crippen LogP contribution in [0.5, 0.6) is 0 Å². The number of nitrogens with zero attached hydrogens (tertiary/aromatic N) is 4. The van der Waals surface area contributed by atoms with Gasteiger partial charge in [0.15, 0.2) is 0 Å². The van der Waals surface area contributed by atoms with E-state index in [2.05, 4.69) is 11.8 Å². The smallest absolute Gasteiger partial charge is 0.253 e. The zero-order chi connectivity index (χ0) is 21.4. The number of hydrogen-bond donors (Lipinski definition) is 0. The van der Waals surface area contributed by atoms with Gasteiger partial charge in [-0.1, -0.05) is 6.92 Å². The van der Waals surface area contributed by atoms with E-state index in [0.29, 0.717) is 17.2 Å². The van der Waals surface area contributed by atoms with E-state index in [1.807, 2.05) is 17.0 Å². The van der Waals surface area contributed by atoms with Crippen molar-refractivity contribution >= 4 is 29.1 Å². The van der Waals surface area contributed by atoms with Crippen molar-refractivity contribution in [1.29, 1.82) is 0 Å². The molecule has 2 fully saturated rings. The highest BCUT2D eigenvalue weighted by Crippen LogP contribution is 2.40. The molecule has 3 aliphatic rings. The lowest BCUT2D eigenvalue weighted by Gasteiger charge is -2.45. The molecule has 0 spiro atoms. The van der Waals surface area contributed by atoms with Crippen LogP contribution in [0.25, 0.3) is 0 Å². The van der Waals surface area contributed by atoms with Crippen LogP contribution < -0.4 is 9.80 Å². The van der Waals surface area contributed by atoms with Gasteiger partial charge in [-0.15, -0.1) is 0 Å². The number of rotatable bonds is 3. The zero-order valence-corrected chi connectivity index (χ0v) is 18.3. The van der Waals surface area contributed by atoms with Crippen molar-refractivity contribution in [3.63, 3.8) is 0 Å². The molecule has 0 saturated carbocycles. The van der Waals surface area contributed by atoms with E-state index in [0.717, 1.165) is 57.4 Å². The van der Waals surface area contributed by atoms with Gasteiger partial charge in [0.2, 0.25) is 11.8 Å². The van der Waals surface area contributed by atoms with Gasteiger partial charge in [-0.3, -0.25) is 19.3 Å². The predicted octanol–water partition coefficient (Wildman–Crippen LogP) is 2.35. The van der Waals surface area contributed by atoms with Crippen molar-refractivity contribution in [3.05, 3.63) is 23.8 Å². The van der Waals surface area contributed by atoms with Gasteiger partial charge in [-0.25, -0.2) is 0 Å². The second kappa shape index (κ2) is 8.28. The Bertz CT molecular complexity index is 845. The largest absolute Gasteiger partial charge is 0.358 e. The van der Waals surface area contributed by atoms with Gasteiger partial charge in [-0.2, -0.15) is 0 Å². The lowest BCUT2D eigenvalue weighted by Crippen LogP contribution is -2.57. The molecule has 3 aliphatic heterocycles. The monoisotopic (exact) mass is 412 g/mol.